The average Bonchev–Trinajstić information content (AvgIpc) is 1.38. The fourth-order valence-electron chi connectivity index (χ4n) is 0. The molecule has 0 aromatic heterocycles. The Kier molecular flexibility index (Phi) is 2.71. The van der Waals surface area contributed by atoms with Gasteiger partial charge in [-0.25, -0.2) is 0 Å². The van der Waals surface area contributed by atoms with Gasteiger partial charge < -0.3 is 0 Å². The van der Waals surface area contributed by atoms with E-state index in [2.05, 4.69) is 0 Å². The molecule has 0 fully saturated rings. The molecule has 5 heavy (non-hydrogen) atoms. The van der Waals surface area contributed by atoms with Crippen molar-refractivity contribution in [3.05, 3.63) is 0 Å². The van der Waals surface area contributed by atoms with Crippen LogP contribution in [0.4, 0.5) is 0 Å². The molecular weight excluding hydrogens is 131 g/mol. The summed E-state index contributed by atoms with van der Waals surface area (Å²) in [5.41, 5.74) is 0. The Morgan fingerprint density at radius 2 is 2.20 bits per heavy atom. The van der Waals surface area contributed by atoms with Gasteiger partial charge in [0.25, 0.3) is 0 Å². The Hall–Kier alpha value is 0.318. The fraction of sp³-hybridized carbons (Fsp3) is 1.00. The van der Waals surface area contributed by atoms with Crippen LogP contribution in [0.5, 0.6) is 0 Å². The first-order valence-corrected chi connectivity index (χ1v) is 4.34. The number of hydrogen-bond acceptors (Lipinski definition) is 1. The molecule has 2 nitrogen and oxygen atoms in total. The van der Waals surface area contributed by atoms with Crippen molar-refractivity contribution < 1.29 is 7.84 Å². The van der Waals surface area contributed by atoms with Crippen LogP contribution in [0.25, 0.3) is 0 Å². The Labute approximate surface area is 35.6 Å². The second-order valence-electron chi connectivity index (χ2n) is 0.668. The molecule has 1 radical (unpaired) electrons. The Bertz CT molecular complexity index is 42.9. The molecule has 0 aliphatic heterocycles. The van der Waals surface area contributed by atoms with Gasteiger partial charge in [0, 0.05) is 0 Å². The molecule has 0 amide bonds. The summed E-state index contributed by atoms with van der Waals surface area (Å²) < 4.78 is 17.5. The first kappa shape index (κ1) is 5.32. The van der Waals surface area contributed by atoms with Gasteiger partial charge in [-0.2, -0.15) is 0 Å². The van der Waals surface area contributed by atoms with E-state index in [0.717, 1.165) is 0 Å². The van der Waals surface area contributed by atoms with Crippen molar-refractivity contribution in [1.29, 1.82) is 0 Å². The molecule has 0 aliphatic rings. The summed E-state index contributed by atoms with van der Waals surface area (Å²) in [4.78, 5) is 0. The topological polar surface area (TPSA) is 37.3 Å². The Balaban J connectivity index is 2.85. The first-order valence-electron chi connectivity index (χ1n) is 1.41. The van der Waals surface area contributed by atoms with E-state index < -0.39 is 14.9 Å². The van der Waals surface area contributed by atoms with Crippen molar-refractivity contribution in [1.82, 2.24) is 0 Å². The van der Waals surface area contributed by atoms with Crippen LogP contribution in [-0.2, 0) is 3.74 Å². The van der Waals surface area contributed by atoms with Crippen LogP contribution in [0.2, 0.25) is 5.21 Å². The van der Waals surface area contributed by atoms with Gasteiger partial charge in [-0.1, -0.05) is 0 Å². The Morgan fingerprint density at radius 3 is 2.20 bits per heavy atom. The molecule has 0 aromatic rings. The SMILES string of the molecule is CC[As](=O)O. The molecule has 0 bridgehead atoms. The maximum absolute atomic E-state index is 9.60. The third kappa shape index (κ3) is 4.32. The second-order valence-corrected chi connectivity index (χ2v) is 3.47. The van der Waals surface area contributed by atoms with Crippen LogP contribution in [0.3, 0.4) is 0 Å². The summed E-state index contributed by atoms with van der Waals surface area (Å²) in [6.45, 7) is 1.70. The minimum atomic E-state index is -2.45. The normalized spacial score (nSPS) is 11.2. The monoisotopic (exact) mass is 137 g/mol. The Morgan fingerprint density at radius 1 is 2.00 bits per heavy atom. The minimum absolute atomic E-state index is 0.451. The average molecular weight is 137 g/mol. The molecule has 3 heteroatoms. The predicted molar refractivity (Wildman–Crippen MR) is 19.1 cm³/mol. The third-order valence-corrected chi connectivity index (χ3v) is 1.41. The van der Waals surface area contributed by atoms with Gasteiger partial charge in [0.05, 0.1) is 0 Å². The van der Waals surface area contributed by atoms with E-state index in [4.69, 9.17) is 4.10 Å². The van der Waals surface area contributed by atoms with Gasteiger partial charge in [-0.05, 0) is 0 Å². The van der Waals surface area contributed by atoms with E-state index in [1.54, 1.807) is 6.92 Å². The van der Waals surface area contributed by atoms with Crippen molar-refractivity contribution in [2.24, 2.45) is 0 Å². The first-order chi connectivity index (χ1) is 2.27. The molecule has 1 atom stereocenters. The predicted octanol–water partition coefficient (Wildman–Crippen LogP) is -0.0827. The summed E-state index contributed by atoms with van der Waals surface area (Å²) >= 11 is -2.45. The molecule has 0 saturated heterocycles. The van der Waals surface area contributed by atoms with Crippen molar-refractivity contribution >= 4 is 14.9 Å². The van der Waals surface area contributed by atoms with Crippen LogP contribution in [-0.4, -0.2) is 19.0 Å². The fourth-order valence-corrected chi connectivity index (χ4v) is 0. The maximum atomic E-state index is 9.60. The molecule has 31 valence electrons. The quantitative estimate of drug-likeness (QED) is 0.513. The molecule has 0 saturated carbocycles. The van der Waals surface area contributed by atoms with Crippen molar-refractivity contribution in [2.45, 2.75) is 12.1 Å². The molecular formula is C2H6AsO2. The van der Waals surface area contributed by atoms with Crippen molar-refractivity contribution in [3.63, 3.8) is 0 Å². The van der Waals surface area contributed by atoms with E-state index in [-0.39, 0.29) is 0 Å². The summed E-state index contributed by atoms with van der Waals surface area (Å²) in [5, 5.41) is 0.451. The van der Waals surface area contributed by atoms with Crippen molar-refractivity contribution in [2.75, 3.05) is 0 Å². The van der Waals surface area contributed by atoms with Gasteiger partial charge in [-0.3, -0.25) is 0 Å². The molecule has 0 spiro atoms. The van der Waals surface area contributed by atoms with Crippen LogP contribution < -0.4 is 0 Å². The summed E-state index contributed by atoms with van der Waals surface area (Å²) in [7, 11) is 0. The van der Waals surface area contributed by atoms with Crippen LogP contribution in [0, 0.1) is 0 Å². The van der Waals surface area contributed by atoms with Gasteiger partial charge >= 0.3 is 34.9 Å². The van der Waals surface area contributed by atoms with Gasteiger partial charge in [-0.15, -0.1) is 0 Å². The number of rotatable bonds is 1. The summed E-state index contributed by atoms with van der Waals surface area (Å²) in [5.74, 6) is 0. The zero-order chi connectivity index (χ0) is 4.28. The molecule has 0 rings (SSSR count). The van der Waals surface area contributed by atoms with E-state index in [9.17, 15) is 3.74 Å². The zero-order valence-electron chi connectivity index (χ0n) is 3.01. The van der Waals surface area contributed by atoms with E-state index in [1.807, 2.05) is 0 Å². The number of hydrogen-bond donors (Lipinski definition) is 1. The van der Waals surface area contributed by atoms with E-state index in [1.165, 1.54) is 0 Å². The molecule has 0 heterocycles. The zero-order valence-corrected chi connectivity index (χ0v) is 4.89. The molecule has 0 aliphatic carbocycles. The van der Waals surface area contributed by atoms with Gasteiger partial charge in [0.2, 0.25) is 0 Å². The molecule has 1 unspecified atom stereocenters. The van der Waals surface area contributed by atoms with E-state index >= 15 is 0 Å². The summed E-state index contributed by atoms with van der Waals surface area (Å²) in [6.07, 6.45) is 0. The standard InChI is InChI=1S/C2H6AsO2/c1-2-3(4)5/h2H2,1H3,(H,4,5). The van der Waals surface area contributed by atoms with E-state index in [0.29, 0.717) is 5.21 Å². The van der Waals surface area contributed by atoms with Crippen LogP contribution in [0.15, 0.2) is 0 Å². The van der Waals surface area contributed by atoms with Gasteiger partial charge in [0.1, 0.15) is 0 Å². The van der Waals surface area contributed by atoms with Crippen LogP contribution >= 0.6 is 0 Å². The summed E-state index contributed by atoms with van der Waals surface area (Å²) in [6, 6.07) is 0. The second kappa shape index (κ2) is 2.55. The molecule has 0 aromatic carbocycles. The third-order valence-electron chi connectivity index (χ3n) is 0.271. The van der Waals surface area contributed by atoms with Gasteiger partial charge in [0.15, 0.2) is 0 Å². The van der Waals surface area contributed by atoms with Crippen LogP contribution in [0.1, 0.15) is 6.92 Å². The molecule has 1 N–H and O–H groups in total. The van der Waals surface area contributed by atoms with Crippen molar-refractivity contribution in [3.8, 4) is 0 Å².